The molecule has 1 amide bonds. The lowest BCUT2D eigenvalue weighted by Crippen LogP contribution is -2.49. The number of aromatic nitrogens is 4. The number of carbonyl (C=O) groups is 1. The fourth-order valence-electron chi connectivity index (χ4n) is 5.12. The van der Waals surface area contributed by atoms with Crippen LogP contribution < -0.4 is 9.64 Å². The van der Waals surface area contributed by atoms with Crippen LogP contribution in [0.4, 0.5) is 5.82 Å². The van der Waals surface area contributed by atoms with Gasteiger partial charge in [0.2, 0.25) is 0 Å². The normalized spacial score (nSPS) is 21.1. The highest BCUT2D eigenvalue weighted by molar-refractivity contribution is 6.12. The van der Waals surface area contributed by atoms with E-state index in [0.29, 0.717) is 45.8 Å². The van der Waals surface area contributed by atoms with Crippen LogP contribution in [0.1, 0.15) is 74.9 Å². The van der Waals surface area contributed by atoms with E-state index in [-0.39, 0.29) is 24.6 Å². The van der Waals surface area contributed by atoms with E-state index in [1.165, 1.54) is 34.8 Å². The van der Waals surface area contributed by atoms with Crippen molar-refractivity contribution in [2.45, 2.75) is 78.0 Å². The first kappa shape index (κ1) is 25.0. The van der Waals surface area contributed by atoms with Gasteiger partial charge in [-0.2, -0.15) is 0 Å². The maximum absolute atomic E-state index is 13.4. The van der Waals surface area contributed by atoms with Crippen molar-refractivity contribution in [2.75, 3.05) is 4.90 Å². The first-order chi connectivity index (χ1) is 17.7. The first-order valence-electron chi connectivity index (χ1n) is 12.7. The van der Waals surface area contributed by atoms with Crippen molar-refractivity contribution >= 4 is 22.9 Å². The molecule has 194 valence electrons. The van der Waals surface area contributed by atoms with Crippen LogP contribution in [0.3, 0.4) is 0 Å². The number of aliphatic hydroxyl groups is 1. The predicted molar refractivity (Wildman–Crippen MR) is 141 cm³/mol. The van der Waals surface area contributed by atoms with Crippen molar-refractivity contribution in [1.29, 1.82) is 0 Å². The second kappa shape index (κ2) is 9.63. The van der Waals surface area contributed by atoms with Gasteiger partial charge in [-0.1, -0.05) is 23.3 Å². The number of hydrogen-bond acceptors (Lipinski definition) is 7. The quantitative estimate of drug-likeness (QED) is 0.398. The minimum absolute atomic E-state index is 0.0485. The molecule has 1 aromatic carbocycles. The molecule has 2 aliphatic rings. The van der Waals surface area contributed by atoms with Crippen molar-refractivity contribution < 1.29 is 19.7 Å². The molecule has 0 saturated carbocycles. The summed E-state index contributed by atoms with van der Waals surface area (Å²) in [6, 6.07) is 1.47. The zero-order valence-corrected chi connectivity index (χ0v) is 21.7. The van der Waals surface area contributed by atoms with E-state index in [4.69, 9.17) is 4.74 Å². The van der Waals surface area contributed by atoms with Gasteiger partial charge in [0.15, 0.2) is 17.0 Å². The summed E-state index contributed by atoms with van der Waals surface area (Å²) < 4.78 is 6.47. The Balaban J connectivity index is 1.40. The lowest BCUT2D eigenvalue weighted by molar-refractivity contribution is -0.0597. The average Bonchev–Trinajstić information content (AvgIpc) is 3.45. The number of fused-ring (bicyclic) bond motifs is 4. The van der Waals surface area contributed by atoms with Crippen LogP contribution in [-0.2, 0) is 13.0 Å². The Labute approximate surface area is 215 Å². The highest BCUT2D eigenvalue weighted by Crippen LogP contribution is 2.47. The van der Waals surface area contributed by atoms with Crippen molar-refractivity contribution in [1.82, 2.24) is 19.9 Å². The minimum Gasteiger partial charge on any atom is -0.508 e. The number of aromatic hydroxyl groups is 1. The van der Waals surface area contributed by atoms with Crippen LogP contribution >= 0.6 is 0 Å². The fourth-order valence-corrected chi connectivity index (χ4v) is 5.12. The maximum atomic E-state index is 13.4. The standard InChI is InChI=1S/C28H33N5O4/c1-16(2)7-5-8-17(3)9-6-10-28(4)22(35)12-19-21(34)11-18-20(24(19)37-28)13-33(27(18)36)26-23-25(30-14-29-23)31-15-32-26/h7,9,11,14-15,22,34-35H,5-6,8,10,12-13H2,1-4H3,(H,29,30,31,32)/b17-9+. The summed E-state index contributed by atoms with van der Waals surface area (Å²) >= 11 is 0. The number of phenolic OH excluding ortho intramolecular Hbond substituents is 1. The first-order valence-corrected chi connectivity index (χ1v) is 12.7. The second-order valence-electron chi connectivity index (χ2n) is 10.5. The Morgan fingerprint density at radius 3 is 2.81 bits per heavy atom. The number of imidazole rings is 1. The number of nitrogens with one attached hydrogen (secondary N) is 1. The van der Waals surface area contributed by atoms with Crippen molar-refractivity contribution in [3.05, 3.63) is 58.7 Å². The molecule has 0 aliphatic carbocycles. The molecule has 2 aliphatic heterocycles. The number of hydrogen-bond donors (Lipinski definition) is 3. The molecule has 4 heterocycles. The maximum Gasteiger partial charge on any atom is 0.260 e. The van der Waals surface area contributed by atoms with Gasteiger partial charge >= 0.3 is 0 Å². The van der Waals surface area contributed by atoms with Gasteiger partial charge in [0.25, 0.3) is 5.91 Å². The van der Waals surface area contributed by atoms with Crippen molar-refractivity contribution in [2.24, 2.45) is 0 Å². The number of rotatable bonds is 7. The molecule has 3 aromatic rings. The van der Waals surface area contributed by atoms with Crippen LogP contribution in [0.5, 0.6) is 11.5 Å². The topological polar surface area (TPSA) is 124 Å². The van der Waals surface area contributed by atoms with Crippen LogP contribution in [0.15, 0.2) is 42.0 Å². The number of allylic oxidation sites excluding steroid dienone is 4. The number of carbonyl (C=O) groups excluding carboxylic acids is 1. The zero-order chi connectivity index (χ0) is 26.3. The fraction of sp³-hybridized carbons (Fsp3) is 0.429. The number of ether oxygens (including phenoxy) is 1. The number of phenols is 1. The second-order valence-corrected chi connectivity index (χ2v) is 10.5. The molecule has 9 nitrogen and oxygen atoms in total. The molecule has 9 heteroatoms. The van der Waals surface area contributed by atoms with Crippen LogP contribution in [-0.4, -0.2) is 47.8 Å². The number of nitrogens with zero attached hydrogens (tertiary/aromatic N) is 4. The Morgan fingerprint density at radius 2 is 2.03 bits per heavy atom. The molecule has 2 aromatic heterocycles. The molecule has 2 unspecified atom stereocenters. The molecule has 0 spiro atoms. The van der Waals surface area contributed by atoms with Gasteiger partial charge in [-0.25, -0.2) is 15.0 Å². The molecule has 2 atom stereocenters. The largest absolute Gasteiger partial charge is 0.508 e. The summed E-state index contributed by atoms with van der Waals surface area (Å²) in [5, 5.41) is 21.8. The summed E-state index contributed by atoms with van der Waals surface area (Å²) in [6.07, 6.45) is 10.2. The number of H-pyrrole nitrogens is 1. The highest BCUT2D eigenvalue weighted by atomic mass is 16.5. The van der Waals surface area contributed by atoms with Gasteiger partial charge in [-0.15, -0.1) is 0 Å². The summed E-state index contributed by atoms with van der Waals surface area (Å²) in [6.45, 7) is 8.46. The predicted octanol–water partition coefficient (Wildman–Crippen LogP) is 4.75. The monoisotopic (exact) mass is 503 g/mol. The van der Waals surface area contributed by atoms with E-state index in [2.05, 4.69) is 52.9 Å². The van der Waals surface area contributed by atoms with Crippen LogP contribution in [0.25, 0.3) is 11.2 Å². The molecule has 0 fully saturated rings. The number of amides is 1. The third kappa shape index (κ3) is 4.59. The van der Waals surface area contributed by atoms with Gasteiger partial charge < -0.3 is 19.9 Å². The smallest absolute Gasteiger partial charge is 0.260 e. The molecule has 0 bridgehead atoms. The summed E-state index contributed by atoms with van der Waals surface area (Å²) in [5.41, 5.74) is 4.38. The Bertz CT molecular complexity index is 1420. The summed E-state index contributed by atoms with van der Waals surface area (Å²) in [5.74, 6) is 0.540. The molecule has 3 N–H and O–H groups in total. The van der Waals surface area contributed by atoms with Crippen LogP contribution in [0, 0.1) is 0 Å². The van der Waals surface area contributed by atoms with E-state index in [1.807, 2.05) is 6.92 Å². The summed E-state index contributed by atoms with van der Waals surface area (Å²) in [7, 11) is 0. The average molecular weight is 504 g/mol. The zero-order valence-electron chi connectivity index (χ0n) is 21.7. The minimum atomic E-state index is -0.855. The lowest BCUT2D eigenvalue weighted by atomic mass is 9.84. The van der Waals surface area contributed by atoms with Crippen molar-refractivity contribution in [3.63, 3.8) is 0 Å². The molecular formula is C28H33N5O4. The van der Waals surface area contributed by atoms with Gasteiger partial charge in [-0.3, -0.25) is 9.69 Å². The van der Waals surface area contributed by atoms with E-state index < -0.39 is 11.7 Å². The number of aliphatic hydroxyl groups excluding tert-OH is 1. The van der Waals surface area contributed by atoms with Gasteiger partial charge in [0, 0.05) is 17.5 Å². The Kier molecular flexibility index (Phi) is 6.49. The lowest BCUT2D eigenvalue weighted by Gasteiger charge is -2.40. The Hall–Kier alpha value is -3.72. The number of aromatic amines is 1. The van der Waals surface area contributed by atoms with E-state index >= 15 is 0 Å². The molecule has 5 rings (SSSR count). The van der Waals surface area contributed by atoms with Gasteiger partial charge in [0.1, 0.15) is 23.4 Å². The van der Waals surface area contributed by atoms with E-state index in [0.717, 1.165) is 19.3 Å². The number of anilines is 1. The van der Waals surface area contributed by atoms with Gasteiger partial charge in [-0.05, 0) is 59.4 Å². The highest BCUT2D eigenvalue weighted by Gasteiger charge is 2.44. The number of benzene rings is 1. The van der Waals surface area contributed by atoms with Crippen LogP contribution in [0.2, 0.25) is 0 Å². The van der Waals surface area contributed by atoms with E-state index in [9.17, 15) is 15.0 Å². The summed E-state index contributed by atoms with van der Waals surface area (Å²) in [4.78, 5) is 30.6. The third-order valence-electron chi connectivity index (χ3n) is 7.37. The van der Waals surface area contributed by atoms with E-state index in [1.54, 1.807) is 0 Å². The molecule has 0 saturated heterocycles. The van der Waals surface area contributed by atoms with Gasteiger partial charge in [0.05, 0.1) is 24.5 Å². The molecular weight excluding hydrogens is 470 g/mol. The third-order valence-corrected chi connectivity index (χ3v) is 7.37. The Morgan fingerprint density at radius 1 is 1.22 bits per heavy atom. The molecule has 37 heavy (non-hydrogen) atoms. The van der Waals surface area contributed by atoms with Crippen molar-refractivity contribution in [3.8, 4) is 11.5 Å². The molecule has 0 radical (unpaired) electrons. The SMILES string of the molecule is CC(C)=CCC/C(C)=C/CCC1(C)Oc2c(c(O)cc3c2CN(c2ncnc4[nH]cnc24)C3=O)CC1O.